The van der Waals surface area contributed by atoms with Crippen LogP contribution in [-0.2, 0) is 4.79 Å². The highest BCUT2D eigenvalue weighted by Crippen LogP contribution is 2.36. The summed E-state index contributed by atoms with van der Waals surface area (Å²) in [5.74, 6) is 1.84. The number of quaternary nitrogens is 1. The Morgan fingerprint density at radius 2 is 1.77 bits per heavy atom. The fraction of sp³-hybridized carbons (Fsp3) is 0.958. The zero-order valence-electron chi connectivity index (χ0n) is 19.8. The Bertz CT molecular complexity index is 562. The van der Waals surface area contributed by atoms with E-state index in [0.717, 1.165) is 37.9 Å². The largest absolute Gasteiger partial charge is 0.343 e. The monoisotopic (exact) mass is 420 g/mol. The van der Waals surface area contributed by atoms with E-state index in [0.29, 0.717) is 17.9 Å². The summed E-state index contributed by atoms with van der Waals surface area (Å²) in [6.07, 6.45) is 9.49. The minimum Gasteiger partial charge on any atom is -0.343 e. The highest BCUT2D eigenvalue weighted by atomic mass is 16.2. The second kappa shape index (κ2) is 9.85. The molecular formula is C24H46N5O+. The zero-order valence-corrected chi connectivity index (χ0v) is 19.8. The predicted molar refractivity (Wildman–Crippen MR) is 121 cm³/mol. The molecule has 4 fully saturated rings. The predicted octanol–water partition coefficient (Wildman–Crippen LogP) is 2.86. The van der Waals surface area contributed by atoms with Gasteiger partial charge in [0.15, 0.2) is 0 Å². The van der Waals surface area contributed by atoms with Crippen LogP contribution in [-0.4, -0.2) is 89.7 Å². The molecule has 6 nitrogen and oxygen atoms in total. The fourth-order valence-electron chi connectivity index (χ4n) is 6.39. The third-order valence-electron chi connectivity index (χ3n) is 8.24. The molecule has 172 valence electrons. The van der Waals surface area contributed by atoms with Crippen molar-refractivity contribution in [1.82, 2.24) is 20.3 Å². The van der Waals surface area contributed by atoms with E-state index in [9.17, 15) is 4.79 Å². The number of piperidine rings is 2. The molecule has 1 unspecified atom stereocenters. The van der Waals surface area contributed by atoms with Crippen molar-refractivity contribution in [1.29, 1.82) is 0 Å². The van der Waals surface area contributed by atoms with Crippen LogP contribution in [0.15, 0.2) is 0 Å². The summed E-state index contributed by atoms with van der Waals surface area (Å²) in [6.45, 7) is 16.2. The molecule has 0 radical (unpaired) electrons. The van der Waals surface area contributed by atoms with Crippen molar-refractivity contribution in [3.63, 3.8) is 0 Å². The van der Waals surface area contributed by atoms with Gasteiger partial charge in [0.05, 0.1) is 19.6 Å². The molecule has 0 aromatic rings. The second-order valence-electron chi connectivity index (χ2n) is 10.9. The number of rotatable bonds is 7. The lowest BCUT2D eigenvalue weighted by Gasteiger charge is -2.52. The summed E-state index contributed by atoms with van der Waals surface area (Å²) in [5, 5.41) is 2.53. The van der Waals surface area contributed by atoms with Crippen LogP contribution in [0, 0.1) is 11.8 Å². The Labute approximate surface area is 184 Å². The third kappa shape index (κ3) is 4.87. The lowest BCUT2D eigenvalue weighted by Crippen LogP contribution is -2.69. The molecule has 0 aromatic heterocycles. The van der Waals surface area contributed by atoms with Crippen LogP contribution in [0.3, 0.4) is 0 Å². The van der Waals surface area contributed by atoms with Crippen LogP contribution in [0.1, 0.15) is 72.1 Å². The summed E-state index contributed by atoms with van der Waals surface area (Å²) < 4.78 is 1.17. The van der Waals surface area contributed by atoms with Crippen LogP contribution in [0.2, 0.25) is 0 Å². The third-order valence-corrected chi connectivity index (χ3v) is 8.24. The van der Waals surface area contributed by atoms with E-state index in [1.54, 1.807) is 0 Å². The quantitative estimate of drug-likeness (QED) is 0.643. The molecule has 0 bridgehead atoms. The number of hydrogen-bond donors (Lipinski definition) is 1. The Morgan fingerprint density at radius 3 is 2.40 bits per heavy atom. The lowest BCUT2D eigenvalue weighted by molar-refractivity contribution is -0.992. The van der Waals surface area contributed by atoms with Gasteiger partial charge in [0.25, 0.3) is 0 Å². The van der Waals surface area contributed by atoms with E-state index in [2.05, 4.69) is 41.1 Å². The molecule has 1 spiro atoms. The summed E-state index contributed by atoms with van der Waals surface area (Å²) in [4.78, 5) is 17.3. The molecule has 30 heavy (non-hydrogen) atoms. The standard InChI is InChI=1S/C24H46N5O/c1-4-12-28-19-23(29(25-28)15-6-5-7-16-29)21-17-27(18-21)22-10-13-26(14-11-22)24(30)9-8-20(2)3/h20-23,25H,4-19H2,1-3H3/q+1. The van der Waals surface area contributed by atoms with E-state index in [-0.39, 0.29) is 0 Å². The van der Waals surface area contributed by atoms with Crippen molar-refractivity contribution in [2.75, 3.05) is 52.4 Å². The van der Waals surface area contributed by atoms with Crippen molar-refractivity contribution in [2.24, 2.45) is 11.8 Å². The molecule has 4 rings (SSSR count). The van der Waals surface area contributed by atoms with Crippen LogP contribution < -0.4 is 5.53 Å². The smallest absolute Gasteiger partial charge is 0.222 e. The van der Waals surface area contributed by atoms with Gasteiger partial charge in [-0.1, -0.05) is 26.3 Å². The van der Waals surface area contributed by atoms with E-state index in [1.807, 2.05) is 0 Å². The molecule has 4 aliphatic rings. The molecule has 1 atom stereocenters. The molecule has 1 N–H and O–H groups in total. The van der Waals surface area contributed by atoms with Gasteiger partial charge in [0, 0.05) is 51.1 Å². The highest BCUT2D eigenvalue weighted by Gasteiger charge is 2.53. The van der Waals surface area contributed by atoms with Crippen LogP contribution >= 0.6 is 0 Å². The topological polar surface area (TPSA) is 38.8 Å². The van der Waals surface area contributed by atoms with Crippen LogP contribution in [0.25, 0.3) is 0 Å². The van der Waals surface area contributed by atoms with E-state index in [1.165, 1.54) is 82.4 Å². The number of hydrazine groups is 1. The summed E-state index contributed by atoms with van der Waals surface area (Å²) in [5.41, 5.74) is 3.95. The Morgan fingerprint density at radius 1 is 1.07 bits per heavy atom. The van der Waals surface area contributed by atoms with Crippen LogP contribution in [0.5, 0.6) is 0 Å². The second-order valence-corrected chi connectivity index (χ2v) is 10.9. The lowest BCUT2D eigenvalue weighted by atomic mass is 9.85. The van der Waals surface area contributed by atoms with Crippen molar-refractivity contribution in [3.8, 4) is 0 Å². The maximum absolute atomic E-state index is 12.4. The van der Waals surface area contributed by atoms with Gasteiger partial charge in [-0.15, -0.1) is 0 Å². The maximum atomic E-state index is 12.4. The summed E-state index contributed by atoms with van der Waals surface area (Å²) >= 11 is 0. The first kappa shape index (κ1) is 22.5. The average Bonchev–Trinajstić information content (AvgIpc) is 3.03. The number of likely N-dealkylation sites (tertiary alicyclic amines) is 2. The number of nitrogens with one attached hydrogen (secondary N) is 1. The first-order chi connectivity index (χ1) is 14.5. The molecule has 4 saturated heterocycles. The number of carbonyl (C=O) groups excluding carboxylic acids is 1. The molecule has 6 heteroatoms. The first-order valence-corrected chi connectivity index (χ1v) is 12.9. The molecule has 0 aliphatic carbocycles. The van der Waals surface area contributed by atoms with E-state index < -0.39 is 0 Å². The van der Waals surface area contributed by atoms with Crippen molar-refractivity contribution in [2.45, 2.75) is 84.2 Å². The Balaban J connectivity index is 1.25. The van der Waals surface area contributed by atoms with Gasteiger partial charge in [0.2, 0.25) is 5.91 Å². The molecule has 4 aliphatic heterocycles. The SMILES string of the molecule is CCCN1CC(C2CN(C3CCN(C(=O)CCC(C)C)CC3)C2)[N+]2(CCCCC2)N1. The highest BCUT2D eigenvalue weighted by molar-refractivity contribution is 5.76. The summed E-state index contributed by atoms with van der Waals surface area (Å²) in [6, 6.07) is 1.47. The van der Waals surface area contributed by atoms with Gasteiger partial charge >= 0.3 is 0 Å². The van der Waals surface area contributed by atoms with Gasteiger partial charge in [-0.25, -0.2) is 4.59 Å². The summed E-state index contributed by atoms with van der Waals surface area (Å²) in [7, 11) is 0. The Hall–Kier alpha value is -0.690. The molecule has 1 amide bonds. The van der Waals surface area contributed by atoms with Crippen molar-refractivity contribution in [3.05, 3.63) is 0 Å². The molecule has 4 heterocycles. The number of carbonyl (C=O) groups is 1. The minimum atomic E-state index is 0.383. The minimum absolute atomic E-state index is 0.383. The van der Waals surface area contributed by atoms with Crippen LogP contribution in [0.4, 0.5) is 0 Å². The molecular weight excluding hydrogens is 374 g/mol. The Kier molecular flexibility index (Phi) is 7.38. The average molecular weight is 421 g/mol. The zero-order chi connectivity index (χ0) is 21.1. The first-order valence-electron chi connectivity index (χ1n) is 12.9. The maximum Gasteiger partial charge on any atom is 0.222 e. The fourth-order valence-corrected chi connectivity index (χ4v) is 6.39. The number of hydrogen-bond acceptors (Lipinski definition) is 4. The number of nitrogens with zero attached hydrogens (tertiary/aromatic N) is 4. The van der Waals surface area contributed by atoms with E-state index in [4.69, 9.17) is 0 Å². The van der Waals surface area contributed by atoms with E-state index >= 15 is 0 Å². The normalized spacial score (nSPS) is 29.1. The number of amides is 1. The molecule has 0 aromatic carbocycles. The van der Waals surface area contributed by atoms with Gasteiger partial charge in [0.1, 0.15) is 6.04 Å². The van der Waals surface area contributed by atoms with Gasteiger partial charge in [-0.3, -0.25) is 9.69 Å². The van der Waals surface area contributed by atoms with Gasteiger partial charge < -0.3 is 4.90 Å². The van der Waals surface area contributed by atoms with Crippen molar-refractivity contribution >= 4 is 5.91 Å². The van der Waals surface area contributed by atoms with Gasteiger partial charge in [-0.05, 0) is 50.9 Å². The van der Waals surface area contributed by atoms with Crippen molar-refractivity contribution < 1.29 is 9.39 Å². The molecule has 0 saturated carbocycles. The van der Waals surface area contributed by atoms with Gasteiger partial charge in [-0.2, -0.15) is 5.01 Å².